The molecule has 1 atom stereocenters. The molecule has 118 valence electrons. The van der Waals surface area contributed by atoms with Crippen LogP contribution in [0.4, 0.5) is 0 Å². The van der Waals surface area contributed by atoms with Crippen molar-refractivity contribution in [3.05, 3.63) is 22.7 Å². The predicted octanol–water partition coefficient (Wildman–Crippen LogP) is 0.660. The molecular weight excluding hydrogens is 366 g/mol. The summed E-state index contributed by atoms with van der Waals surface area (Å²) in [4.78, 5) is 11.2. The van der Waals surface area contributed by atoms with Gasteiger partial charge in [-0.15, -0.1) is 0 Å². The lowest BCUT2D eigenvalue weighted by Crippen LogP contribution is -2.44. The zero-order chi connectivity index (χ0) is 16.0. The molecule has 0 saturated heterocycles. The van der Waals surface area contributed by atoms with Crippen molar-refractivity contribution in [3.63, 3.8) is 0 Å². The van der Waals surface area contributed by atoms with Crippen LogP contribution in [0.25, 0.3) is 0 Å². The van der Waals surface area contributed by atoms with Crippen molar-refractivity contribution >= 4 is 31.9 Å². The van der Waals surface area contributed by atoms with Crippen LogP contribution < -0.4 is 9.46 Å². The molecule has 2 N–H and O–H groups in total. The Balaban J connectivity index is 3.17. The maximum atomic E-state index is 12.3. The first-order valence-corrected chi connectivity index (χ1v) is 8.26. The number of sulfonamides is 1. The number of hydrogen-bond acceptors (Lipinski definition) is 6. The van der Waals surface area contributed by atoms with Gasteiger partial charge >= 0.3 is 5.97 Å². The van der Waals surface area contributed by atoms with Crippen molar-refractivity contribution in [3.8, 4) is 5.75 Å². The fraction of sp³-hybridized carbons (Fsp3) is 0.417. The summed E-state index contributed by atoms with van der Waals surface area (Å²) in [5, 5.41) is 9.10. The van der Waals surface area contributed by atoms with E-state index >= 15 is 0 Å². The Morgan fingerprint density at radius 2 is 2.14 bits per heavy atom. The summed E-state index contributed by atoms with van der Waals surface area (Å²) in [5.74, 6) is -0.733. The van der Waals surface area contributed by atoms with Crippen LogP contribution in [0.5, 0.6) is 5.75 Å². The molecule has 0 aromatic heterocycles. The van der Waals surface area contributed by atoms with Gasteiger partial charge in [0.25, 0.3) is 0 Å². The number of benzene rings is 1. The molecule has 0 heterocycles. The van der Waals surface area contributed by atoms with Crippen molar-refractivity contribution < 1.29 is 27.8 Å². The van der Waals surface area contributed by atoms with Gasteiger partial charge in [0.1, 0.15) is 16.7 Å². The van der Waals surface area contributed by atoms with Gasteiger partial charge in [-0.25, -0.2) is 8.42 Å². The molecule has 1 aromatic carbocycles. The second kappa shape index (κ2) is 7.74. The summed E-state index contributed by atoms with van der Waals surface area (Å²) in [6.45, 7) is 1.28. The van der Waals surface area contributed by atoms with Crippen LogP contribution in [0.2, 0.25) is 0 Å². The van der Waals surface area contributed by atoms with E-state index in [1.54, 1.807) is 13.0 Å². The molecule has 1 aromatic rings. The lowest BCUT2D eigenvalue weighted by atomic mass is 10.3. The molecule has 1 unspecified atom stereocenters. The molecule has 0 saturated carbocycles. The second-order valence-electron chi connectivity index (χ2n) is 3.90. The van der Waals surface area contributed by atoms with E-state index in [4.69, 9.17) is 9.84 Å². The fourth-order valence-corrected chi connectivity index (χ4v) is 3.38. The Labute approximate surface area is 131 Å². The quantitative estimate of drug-likeness (QED) is 0.672. The monoisotopic (exact) mass is 381 g/mol. The van der Waals surface area contributed by atoms with Gasteiger partial charge < -0.3 is 14.6 Å². The molecule has 0 spiro atoms. The van der Waals surface area contributed by atoms with E-state index in [0.29, 0.717) is 4.47 Å². The average molecular weight is 382 g/mol. The van der Waals surface area contributed by atoms with E-state index in [1.807, 2.05) is 0 Å². The Morgan fingerprint density at radius 1 is 1.48 bits per heavy atom. The van der Waals surface area contributed by atoms with E-state index in [2.05, 4.69) is 25.4 Å². The first kappa shape index (κ1) is 17.9. The molecule has 9 heteroatoms. The highest BCUT2D eigenvalue weighted by molar-refractivity contribution is 9.10. The number of hydrogen-bond donors (Lipinski definition) is 2. The number of aliphatic hydroxyl groups is 1. The molecule has 7 nitrogen and oxygen atoms in total. The number of methoxy groups -OCH3 is 1. The van der Waals surface area contributed by atoms with Crippen molar-refractivity contribution in [2.45, 2.75) is 17.9 Å². The maximum absolute atomic E-state index is 12.3. The smallest absolute Gasteiger partial charge is 0.326 e. The van der Waals surface area contributed by atoms with E-state index in [-0.39, 0.29) is 17.3 Å². The first-order chi connectivity index (χ1) is 9.85. The van der Waals surface area contributed by atoms with Gasteiger partial charge in [-0.1, -0.05) is 15.9 Å². The highest BCUT2D eigenvalue weighted by Crippen LogP contribution is 2.27. The second-order valence-corrected chi connectivity index (χ2v) is 6.50. The van der Waals surface area contributed by atoms with Crippen molar-refractivity contribution in [1.82, 2.24) is 4.72 Å². The number of esters is 1. The van der Waals surface area contributed by atoms with E-state index < -0.39 is 28.6 Å². The van der Waals surface area contributed by atoms with Crippen molar-refractivity contribution in [2.24, 2.45) is 0 Å². The number of ether oxygens (including phenoxy) is 2. The third-order valence-electron chi connectivity index (χ3n) is 2.46. The summed E-state index contributed by atoms with van der Waals surface area (Å²) in [6.07, 6.45) is 0. The summed E-state index contributed by atoms with van der Waals surface area (Å²) in [7, 11) is -2.97. The molecule has 0 bridgehead atoms. The number of rotatable bonds is 7. The lowest BCUT2D eigenvalue weighted by Gasteiger charge is -2.16. The number of halogens is 1. The number of carbonyl (C=O) groups is 1. The summed E-state index contributed by atoms with van der Waals surface area (Å²) >= 11 is 3.18. The van der Waals surface area contributed by atoms with Gasteiger partial charge in [0, 0.05) is 4.47 Å². The van der Waals surface area contributed by atoms with Gasteiger partial charge in [0.05, 0.1) is 20.3 Å². The van der Waals surface area contributed by atoms with E-state index in [1.165, 1.54) is 12.1 Å². The Hall–Kier alpha value is -1.16. The number of carbonyl (C=O) groups excluding carboxylic acids is 1. The SMILES string of the molecule is CCOc1ccc(Br)cc1S(=O)(=O)NC(CO)C(=O)OC. The minimum absolute atomic E-state index is 0.138. The third kappa shape index (κ3) is 4.67. The van der Waals surface area contributed by atoms with Crippen LogP contribution in [-0.4, -0.2) is 45.9 Å². The van der Waals surface area contributed by atoms with Gasteiger partial charge in [0.2, 0.25) is 10.0 Å². The first-order valence-electron chi connectivity index (χ1n) is 5.99. The molecule has 1 rings (SSSR count). The van der Waals surface area contributed by atoms with Gasteiger partial charge in [0.15, 0.2) is 0 Å². The largest absolute Gasteiger partial charge is 0.492 e. The van der Waals surface area contributed by atoms with Gasteiger partial charge in [-0.2, -0.15) is 4.72 Å². The molecule has 0 amide bonds. The zero-order valence-electron chi connectivity index (χ0n) is 11.5. The molecule has 0 aliphatic heterocycles. The lowest BCUT2D eigenvalue weighted by molar-refractivity contribution is -0.143. The summed E-state index contributed by atoms with van der Waals surface area (Å²) in [5.41, 5.74) is 0. The normalized spacial score (nSPS) is 12.8. The van der Waals surface area contributed by atoms with Crippen molar-refractivity contribution in [2.75, 3.05) is 20.3 Å². The molecule has 0 aliphatic carbocycles. The van der Waals surface area contributed by atoms with Gasteiger partial charge in [-0.05, 0) is 25.1 Å². The minimum Gasteiger partial charge on any atom is -0.492 e. The van der Waals surface area contributed by atoms with Crippen LogP contribution in [0.1, 0.15) is 6.92 Å². The predicted molar refractivity (Wildman–Crippen MR) is 78.5 cm³/mol. The Bertz CT molecular complexity index is 604. The van der Waals surface area contributed by atoms with E-state index in [9.17, 15) is 13.2 Å². The van der Waals surface area contributed by atoms with Crippen LogP contribution in [0, 0.1) is 0 Å². The summed E-state index contributed by atoms with van der Waals surface area (Å²) in [6, 6.07) is 3.09. The number of nitrogens with one attached hydrogen (secondary N) is 1. The van der Waals surface area contributed by atoms with Crippen LogP contribution >= 0.6 is 15.9 Å². The Morgan fingerprint density at radius 3 is 2.67 bits per heavy atom. The molecule has 0 radical (unpaired) electrons. The van der Waals surface area contributed by atoms with Crippen LogP contribution in [-0.2, 0) is 19.6 Å². The highest BCUT2D eigenvalue weighted by Gasteiger charge is 2.28. The average Bonchev–Trinajstić information content (AvgIpc) is 2.46. The third-order valence-corrected chi connectivity index (χ3v) is 4.45. The topological polar surface area (TPSA) is 102 Å². The van der Waals surface area contributed by atoms with E-state index in [0.717, 1.165) is 7.11 Å². The Kier molecular flexibility index (Phi) is 6.59. The van der Waals surface area contributed by atoms with Crippen molar-refractivity contribution in [1.29, 1.82) is 0 Å². The molecule has 0 fully saturated rings. The van der Waals surface area contributed by atoms with Crippen LogP contribution in [0.15, 0.2) is 27.6 Å². The summed E-state index contributed by atoms with van der Waals surface area (Å²) < 4.78 is 37.0. The zero-order valence-corrected chi connectivity index (χ0v) is 13.9. The van der Waals surface area contributed by atoms with Gasteiger partial charge in [-0.3, -0.25) is 4.79 Å². The molecule has 0 aliphatic rings. The maximum Gasteiger partial charge on any atom is 0.326 e. The standard InChI is InChI=1S/C12H16BrNO6S/c1-3-20-10-5-4-8(13)6-11(10)21(17,18)14-9(7-15)12(16)19-2/h4-6,9,14-15H,3,7H2,1-2H3. The minimum atomic E-state index is -4.07. The molecular formula is C12H16BrNO6S. The number of aliphatic hydroxyl groups excluding tert-OH is 1. The fourth-order valence-electron chi connectivity index (χ4n) is 1.52. The molecule has 21 heavy (non-hydrogen) atoms. The highest BCUT2D eigenvalue weighted by atomic mass is 79.9. The van der Waals surface area contributed by atoms with Crippen LogP contribution in [0.3, 0.4) is 0 Å².